The Kier molecular flexibility index (Phi) is 5.35. The lowest BCUT2D eigenvalue weighted by molar-refractivity contribution is 1.47. The van der Waals surface area contributed by atoms with Crippen molar-refractivity contribution in [3.05, 3.63) is 138 Å². The topological polar surface area (TPSA) is 12.0 Å². The molecular formula is C27H23N. The summed E-state index contributed by atoms with van der Waals surface area (Å²) in [5.74, 6) is 0. The number of rotatable bonds is 5. The molecule has 0 aliphatic carbocycles. The molecule has 0 unspecified atom stereocenters. The highest BCUT2D eigenvalue weighted by Gasteiger charge is 2.15. The van der Waals surface area contributed by atoms with Crippen molar-refractivity contribution >= 4 is 16.8 Å². The lowest BCUT2D eigenvalue weighted by Gasteiger charge is -2.18. The summed E-state index contributed by atoms with van der Waals surface area (Å²) in [7, 11) is 1.95. The molecule has 28 heavy (non-hydrogen) atoms. The van der Waals surface area contributed by atoms with Crippen molar-refractivity contribution in [2.24, 2.45) is 0 Å². The smallest absolute Gasteiger partial charge is 0.0337 e. The fourth-order valence-corrected chi connectivity index (χ4v) is 3.53. The van der Waals surface area contributed by atoms with Crippen LogP contribution >= 0.6 is 0 Å². The summed E-state index contributed by atoms with van der Waals surface area (Å²) in [5, 5.41) is 3.21. The monoisotopic (exact) mass is 361 g/mol. The van der Waals surface area contributed by atoms with Crippen molar-refractivity contribution in [3.63, 3.8) is 0 Å². The molecule has 0 radical (unpaired) electrons. The predicted molar refractivity (Wildman–Crippen MR) is 120 cm³/mol. The molecule has 136 valence electrons. The molecule has 0 saturated carbocycles. The van der Waals surface area contributed by atoms with Crippen LogP contribution in [0.2, 0.25) is 0 Å². The van der Waals surface area contributed by atoms with E-state index in [2.05, 4.69) is 121 Å². The summed E-state index contributed by atoms with van der Waals surface area (Å²) in [6.07, 6.45) is 0. The van der Waals surface area contributed by atoms with Crippen LogP contribution in [0, 0.1) is 0 Å². The van der Waals surface area contributed by atoms with Gasteiger partial charge in [0.2, 0.25) is 0 Å². The second kappa shape index (κ2) is 8.41. The van der Waals surface area contributed by atoms with E-state index in [9.17, 15) is 0 Å². The maximum Gasteiger partial charge on any atom is 0.0337 e. The van der Waals surface area contributed by atoms with Crippen LogP contribution < -0.4 is 5.32 Å². The standard InChI is InChI=1S/C27H23N/c1-28-25-19-17-24(18-20-25)27(23-15-9-4-10-16-23)26(21-11-5-2-6-12-21)22-13-7-3-8-14-22/h2-20,28H,1H3. The SMILES string of the molecule is CNc1ccc(C(=C(c2ccccc2)c2ccccc2)c2ccccc2)cc1. The van der Waals surface area contributed by atoms with Gasteiger partial charge in [0.25, 0.3) is 0 Å². The van der Waals surface area contributed by atoms with E-state index in [1.165, 1.54) is 33.4 Å². The zero-order chi connectivity index (χ0) is 19.2. The summed E-state index contributed by atoms with van der Waals surface area (Å²) in [6.45, 7) is 0. The van der Waals surface area contributed by atoms with Gasteiger partial charge in [-0.3, -0.25) is 0 Å². The molecule has 0 aliphatic rings. The van der Waals surface area contributed by atoms with Crippen LogP contribution in [-0.2, 0) is 0 Å². The number of benzene rings is 4. The first-order chi connectivity index (χ1) is 13.9. The van der Waals surface area contributed by atoms with Gasteiger partial charge in [-0.15, -0.1) is 0 Å². The molecule has 0 atom stereocenters. The average Bonchev–Trinajstić information content (AvgIpc) is 2.79. The van der Waals surface area contributed by atoms with Gasteiger partial charge in [0.1, 0.15) is 0 Å². The Hall–Kier alpha value is -3.58. The zero-order valence-electron chi connectivity index (χ0n) is 16.0. The van der Waals surface area contributed by atoms with E-state index >= 15 is 0 Å². The van der Waals surface area contributed by atoms with Gasteiger partial charge < -0.3 is 5.32 Å². The molecule has 1 nitrogen and oxygen atoms in total. The Morgan fingerprint density at radius 3 is 1.07 bits per heavy atom. The summed E-state index contributed by atoms with van der Waals surface area (Å²) < 4.78 is 0. The number of hydrogen-bond donors (Lipinski definition) is 1. The van der Waals surface area contributed by atoms with Crippen LogP contribution in [0.15, 0.2) is 115 Å². The van der Waals surface area contributed by atoms with Gasteiger partial charge in [0.05, 0.1) is 0 Å². The average molecular weight is 361 g/mol. The quantitative estimate of drug-likeness (QED) is 0.388. The van der Waals surface area contributed by atoms with Crippen LogP contribution in [0.4, 0.5) is 5.69 Å². The molecule has 1 N–H and O–H groups in total. The van der Waals surface area contributed by atoms with Crippen molar-refractivity contribution in [2.75, 3.05) is 12.4 Å². The van der Waals surface area contributed by atoms with Crippen LogP contribution in [0.3, 0.4) is 0 Å². The first-order valence-corrected chi connectivity index (χ1v) is 9.55. The normalized spacial score (nSPS) is 10.3. The third kappa shape index (κ3) is 3.74. The largest absolute Gasteiger partial charge is 0.388 e. The lowest BCUT2D eigenvalue weighted by Crippen LogP contribution is -1.98. The van der Waals surface area contributed by atoms with Crippen molar-refractivity contribution in [1.29, 1.82) is 0 Å². The third-order valence-corrected chi connectivity index (χ3v) is 4.90. The molecular weight excluding hydrogens is 338 g/mol. The van der Waals surface area contributed by atoms with E-state index in [1.807, 2.05) is 7.05 Å². The minimum Gasteiger partial charge on any atom is -0.388 e. The van der Waals surface area contributed by atoms with Gasteiger partial charge in [-0.25, -0.2) is 0 Å². The van der Waals surface area contributed by atoms with Crippen LogP contribution in [0.5, 0.6) is 0 Å². The molecule has 0 bridgehead atoms. The summed E-state index contributed by atoms with van der Waals surface area (Å²) in [6, 6.07) is 40.6. The molecule has 0 heterocycles. The lowest BCUT2D eigenvalue weighted by atomic mass is 9.86. The van der Waals surface area contributed by atoms with E-state index in [0.29, 0.717) is 0 Å². The minimum atomic E-state index is 1.11. The highest BCUT2D eigenvalue weighted by atomic mass is 14.8. The second-order valence-corrected chi connectivity index (χ2v) is 6.68. The molecule has 0 aromatic heterocycles. The van der Waals surface area contributed by atoms with Crippen molar-refractivity contribution < 1.29 is 0 Å². The predicted octanol–water partition coefficient (Wildman–Crippen LogP) is 6.74. The Labute approximate surface area is 167 Å². The summed E-state index contributed by atoms with van der Waals surface area (Å²) in [5.41, 5.74) is 8.42. The molecule has 4 rings (SSSR count). The molecule has 4 aromatic carbocycles. The van der Waals surface area contributed by atoms with E-state index in [0.717, 1.165) is 5.69 Å². The van der Waals surface area contributed by atoms with Gasteiger partial charge in [-0.05, 0) is 45.5 Å². The first-order valence-electron chi connectivity index (χ1n) is 9.55. The van der Waals surface area contributed by atoms with Crippen molar-refractivity contribution in [2.45, 2.75) is 0 Å². The van der Waals surface area contributed by atoms with Crippen LogP contribution in [0.25, 0.3) is 11.1 Å². The maximum atomic E-state index is 3.21. The first kappa shape index (κ1) is 17.8. The third-order valence-electron chi connectivity index (χ3n) is 4.90. The van der Waals surface area contributed by atoms with Gasteiger partial charge in [0.15, 0.2) is 0 Å². The fraction of sp³-hybridized carbons (Fsp3) is 0.0370. The molecule has 0 fully saturated rings. The van der Waals surface area contributed by atoms with Gasteiger partial charge in [-0.2, -0.15) is 0 Å². The molecule has 0 saturated heterocycles. The Balaban J connectivity index is 2.05. The molecule has 4 aromatic rings. The Morgan fingerprint density at radius 1 is 0.429 bits per heavy atom. The summed E-state index contributed by atoms with van der Waals surface area (Å²) >= 11 is 0. The Bertz CT molecular complexity index is 1010. The number of nitrogens with one attached hydrogen (secondary N) is 1. The maximum absolute atomic E-state index is 3.21. The molecule has 1 heteroatoms. The molecule has 0 amide bonds. The molecule has 0 spiro atoms. The van der Waals surface area contributed by atoms with E-state index < -0.39 is 0 Å². The van der Waals surface area contributed by atoms with Gasteiger partial charge in [-0.1, -0.05) is 103 Å². The second-order valence-electron chi connectivity index (χ2n) is 6.68. The van der Waals surface area contributed by atoms with E-state index in [4.69, 9.17) is 0 Å². The highest BCUT2D eigenvalue weighted by Crippen LogP contribution is 2.36. The number of anilines is 1. The highest BCUT2D eigenvalue weighted by molar-refractivity contribution is 6.04. The van der Waals surface area contributed by atoms with Crippen LogP contribution in [-0.4, -0.2) is 7.05 Å². The van der Waals surface area contributed by atoms with Crippen molar-refractivity contribution in [1.82, 2.24) is 0 Å². The van der Waals surface area contributed by atoms with E-state index in [-0.39, 0.29) is 0 Å². The van der Waals surface area contributed by atoms with Crippen molar-refractivity contribution in [3.8, 4) is 0 Å². The molecule has 0 aliphatic heterocycles. The minimum absolute atomic E-state index is 1.11. The van der Waals surface area contributed by atoms with Gasteiger partial charge in [0, 0.05) is 12.7 Å². The van der Waals surface area contributed by atoms with E-state index in [1.54, 1.807) is 0 Å². The Morgan fingerprint density at radius 2 is 0.750 bits per heavy atom. The zero-order valence-corrected chi connectivity index (χ0v) is 16.0. The van der Waals surface area contributed by atoms with Crippen LogP contribution in [0.1, 0.15) is 22.3 Å². The fourth-order valence-electron chi connectivity index (χ4n) is 3.53. The summed E-state index contributed by atoms with van der Waals surface area (Å²) in [4.78, 5) is 0. The van der Waals surface area contributed by atoms with Gasteiger partial charge >= 0.3 is 0 Å². The number of hydrogen-bond acceptors (Lipinski definition) is 1.